The molecule has 3 N–H and O–H groups in total. The van der Waals surface area contributed by atoms with Crippen LogP contribution in [0.2, 0.25) is 0 Å². The molecule has 2 aromatic heterocycles. The number of aromatic amines is 2. The maximum Gasteiger partial charge on any atom is 0.353 e. The first kappa shape index (κ1) is 43.3. The maximum atomic E-state index is 12.6. The first-order valence-electron chi connectivity index (χ1n) is 16.5. The number of nitrogens with one attached hydrogen (secondary N) is 2. The van der Waals surface area contributed by atoms with Crippen molar-refractivity contribution in [1.29, 1.82) is 0 Å². The van der Waals surface area contributed by atoms with Crippen LogP contribution in [0.3, 0.4) is 0 Å². The lowest BCUT2D eigenvalue weighted by atomic mass is 10.0. The Kier molecular flexibility index (Phi) is 16.5. The Bertz CT molecular complexity index is 1690. The molecule has 2 aromatic rings. The molecule has 292 valence electrons. The van der Waals surface area contributed by atoms with Crippen molar-refractivity contribution in [1.82, 2.24) is 19.1 Å². The van der Waals surface area contributed by atoms with E-state index in [4.69, 9.17) is 37.0 Å². The van der Waals surface area contributed by atoms with Crippen LogP contribution in [-0.4, -0.2) is 95.4 Å². The van der Waals surface area contributed by atoms with Crippen LogP contribution in [0.4, 0.5) is 0 Å². The largest absolute Gasteiger partial charge is 0.387 e. The molecular weight excluding hydrogens is 730 g/mol. The summed E-state index contributed by atoms with van der Waals surface area (Å²) in [6.07, 6.45) is 0.0229. The highest BCUT2D eigenvalue weighted by Crippen LogP contribution is 2.51. The SMILES string of the molecule is CCOP(=O)(/C=C/[C@H]1O[C@@H](n2ccc(=O)[nH]c2=O)[C@@H](OC)C1C)OCC.CCOP(=O)(/C=C/[C@H]1O[C@@H](n2ccc(=O)[nH]c2=O)[C@@H](OC)C1O)OCC. The van der Waals surface area contributed by atoms with Gasteiger partial charge in [0.05, 0.1) is 32.5 Å². The van der Waals surface area contributed by atoms with Crippen LogP contribution in [-0.2, 0) is 46.2 Å². The summed E-state index contributed by atoms with van der Waals surface area (Å²) in [5.41, 5.74) is -2.33. The Hall–Kier alpha value is -3.06. The molecule has 0 radical (unpaired) electrons. The van der Waals surface area contributed by atoms with E-state index >= 15 is 0 Å². The topological polar surface area (TPSA) is 238 Å². The minimum absolute atomic E-state index is 0.142. The lowest BCUT2D eigenvalue weighted by molar-refractivity contribution is -0.0491. The van der Waals surface area contributed by atoms with Gasteiger partial charge in [0.1, 0.15) is 24.4 Å². The maximum absolute atomic E-state index is 12.6. The van der Waals surface area contributed by atoms with Crippen LogP contribution in [0.1, 0.15) is 47.1 Å². The number of aliphatic hydroxyl groups is 1. The summed E-state index contributed by atoms with van der Waals surface area (Å²) >= 11 is 0. The minimum Gasteiger partial charge on any atom is -0.387 e. The summed E-state index contributed by atoms with van der Waals surface area (Å²) in [6.45, 7) is 9.59. The van der Waals surface area contributed by atoms with Gasteiger partial charge in [-0.2, -0.15) is 0 Å². The second-order valence-corrected chi connectivity index (χ2v) is 15.0. The van der Waals surface area contributed by atoms with Crippen molar-refractivity contribution in [3.05, 3.63) is 90.0 Å². The van der Waals surface area contributed by atoms with Gasteiger partial charge < -0.3 is 42.1 Å². The van der Waals surface area contributed by atoms with E-state index in [1.54, 1.807) is 33.8 Å². The van der Waals surface area contributed by atoms with Gasteiger partial charge in [0.15, 0.2) is 12.5 Å². The summed E-state index contributed by atoms with van der Waals surface area (Å²) in [5, 5.41) is 10.4. The predicted octanol–water partition coefficient (Wildman–Crippen LogP) is 2.45. The number of hydrogen-bond acceptors (Lipinski definition) is 15. The molecule has 8 atom stereocenters. The summed E-state index contributed by atoms with van der Waals surface area (Å²) in [6, 6.07) is 2.40. The van der Waals surface area contributed by atoms with Gasteiger partial charge in [-0.15, -0.1) is 0 Å². The summed E-state index contributed by atoms with van der Waals surface area (Å²) < 4.78 is 70.5. The van der Waals surface area contributed by atoms with Gasteiger partial charge in [0, 0.05) is 56.3 Å². The van der Waals surface area contributed by atoms with Gasteiger partial charge in [0.25, 0.3) is 11.1 Å². The predicted molar refractivity (Wildman–Crippen MR) is 187 cm³/mol. The zero-order chi connectivity index (χ0) is 38.6. The third-order valence-electron chi connectivity index (χ3n) is 7.81. The smallest absolute Gasteiger partial charge is 0.353 e. The molecule has 0 aliphatic carbocycles. The van der Waals surface area contributed by atoms with Crippen LogP contribution < -0.4 is 22.5 Å². The van der Waals surface area contributed by atoms with Crippen LogP contribution >= 0.6 is 15.2 Å². The molecule has 0 saturated carbocycles. The van der Waals surface area contributed by atoms with Crippen molar-refractivity contribution in [2.45, 2.75) is 77.6 Å². The normalized spacial score (nSPS) is 26.6. The molecule has 4 rings (SSSR count). The Morgan fingerprint density at radius 1 is 0.712 bits per heavy atom. The number of rotatable bonds is 16. The zero-order valence-corrected chi connectivity index (χ0v) is 31.8. The quantitative estimate of drug-likeness (QED) is 0.208. The van der Waals surface area contributed by atoms with E-state index in [1.165, 1.54) is 55.0 Å². The molecule has 2 fully saturated rings. The lowest BCUT2D eigenvalue weighted by Crippen LogP contribution is -2.38. The second kappa shape index (κ2) is 19.9. The van der Waals surface area contributed by atoms with Crippen molar-refractivity contribution >= 4 is 15.2 Å². The number of nitrogens with zero attached hydrogens (tertiary/aromatic N) is 2. The monoisotopic (exact) mass is 778 g/mol. The number of H-pyrrole nitrogens is 2. The van der Waals surface area contributed by atoms with Crippen molar-refractivity contribution in [3.63, 3.8) is 0 Å². The van der Waals surface area contributed by atoms with Crippen molar-refractivity contribution in [2.24, 2.45) is 5.92 Å². The highest BCUT2D eigenvalue weighted by Gasteiger charge is 2.45. The zero-order valence-electron chi connectivity index (χ0n) is 30.0. The molecule has 21 heteroatoms. The summed E-state index contributed by atoms with van der Waals surface area (Å²) in [4.78, 5) is 50.8. The Morgan fingerprint density at radius 3 is 1.48 bits per heavy atom. The fourth-order valence-corrected chi connectivity index (χ4v) is 8.19. The van der Waals surface area contributed by atoms with E-state index in [0.717, 1.165) is 10.6 Å². The highest BCUT2D eigenvalue weighted by molar-refractivity contribution is 7.57. The third-order valence-corrected chi connectivity index (χ3v) is 11.4. The van der Waals surface area contributed by atoms with Crippen LogP contribution in [0.25, 0.3) is 0 Å². The molecule has 0 aromatic carbocycles. The van der Waals surface area contributed by atoms with Gasteiger partial charge in [-0.05, 0) is 39.8 Å². The lowest BCUT2D eigenvalue weighted by Gasteiger charge is -2.20. The number of methoxy groups -OCH3 is 2. The van der Waals surface area contributed by atoms with Crippen molar-refractivity contribution in [3.8, 4) is 0 Å². The molecule has 52 heavy (non-hydrogen) atoms. The first-order valence-corrected chi connectivity index (χ1v) is 19.8. The van der Waals surface area contributed by atoms with E-state index in [2.05, 4.69) is 9.97 Å². The van der Waals surface area contributed by atoms with Crippen LogP contribution in [0.5, 0.6) is 0 Å². The molecular formula is C31H48N4O15P2. The average molecular weight is 779 g/mol. The standard InChI is InChI=1S/C16H25N2O7P.C15H23N2O8P/c1-5-23-26(21,24-6-2)10-8-12-11(3)14(22-4)15(25-12)18-9-7-13(19)17-16(18)20;1-4-23-26(21,24-5-2)9-7-10-12(19)13(22-3)14(25-10)17-8-6-11(18)16-15(17)20/h7-12,14-15H,5-6H2,1-4H3,(H,17,19,20);6-10,12-14,19H,4-5H2,1-3H3,(H,16,18,20)/b10-8+;9-7+/t11?,12-,14+,15-;10-,12?,13+,14-/m11/s1. The number of hydrogen-bond donors (Lipinski definition) is 3. The van der Waals surface area contributed by atoms with E-state index in [1.807, 2.05) is 6.92 Å². The van der Waals surface area contributed by atoms with Crippen LogP contribution in [0.15, 0.2) is 67.5 Å². The molecule has 0 spiro atoms. The Labute approximate surface area is 299 Å². The van der Waals surface area contributed by atoms with Gasteiger partial charge >= 0.3 is 26.6 Å². The van der Waals surface area contributed by atoms with Gasteiger partial charge in [-0.1, -0.05) is 6.92 Å². The van der Waals surface area contributed by atoms with E-state index < -0.39 is 80.7 Å². The molecule has 19 nitrogen and oxygen atoms in total. The number of ether oxygens (including phenoxy) is 4. The highest BCUT2D eigenvalue weighted by atomic mass is 31.2. The molecule has 0 amide bonds. The van der Waals surface area contributed by atoms with Crippen molar-refractivity contribution < 1.29 is 51.3 Å². The van der Waals surface area contributed by atoms with E-state index in [-0.39, 0.29) is 32.3 Å². The number of aromatic nitrogens is 4. The molecule has 4 heterocycles. The van der Waals surface area contributed by atoms with E-state index in [0.29, 0.717) is 0 Å². The molecule has 2 unspecified atom stereocenters. The minimum atomic E-state index is -3.46. The molecule has 2 saturated heterocycles. The molecule has 2 aliphatic heterocycles. The van der Waals surface area contributed by atoms with Gasteiger partial charge in [-0.3, -0.25) is 37.8 Å². The fraction of sp³-hybridized carbons (Fsp3) is 0.613. The molecule has 0 bridgehead atoms. The van der Waals surface area contributed by atoms with E-state index in [9.17, 15) is 33.4 Å². The van der Waals surface area contributed by atoms with Crippen molar-refractivity contribution in [2.75, 3.05) is 40.6 Å². The van der Waals surface area contributed by atoms with Crippen LogP contribution in [0, 0.1) is 5.92 Å². The number of aliphatic hydroxyl groups excluding tert-OH is 1. The Balaban J connectivity index is 0.000000280. The van der Waals surface area contributed by atoms with Gasteiger partial charge in [-0.25, -0.2) is 9.59 Å². The average Bonchev–Trinajstić information content (AvgIpc) is 3.58. The molecule has 2 aliphatic rings. The first-order chi connectivity index (χ1) is 24.7. The summed E-state index contributed by atoms with van der Waals surface area (Å²) in [5.74, 6) is 2.46. The Morgan fingerprint density at radius 2 is 1.10 bits per heavy atom. The third kappa shape index (κ3) is 11.0. The second-order valence-electron chi connectivity index (χ2n) is 11.2. The summed E-state index contributed by atoms with van der Waals surface area (Å²) in [7, 11) is -3.94. The van der Waals surface area contributed by atoms with Gasteiger partial charge in [0.2, 0.25) is 0 Å². The fourth-order valence-electron chi connectivity index (χ4n) is 5.50.